The lowest BCUT2D eigenvalue weighted by atomic mass is 10.2. The molecule has 1 fully saturated rings. The van der Waals surface area contributed by atoms with E-state index in [0.717, 1.165) is 18.9 Å². The van der Waals surface area contributed by atoms with E-state index in [9.17, 15) is 18.0 Å². The van der Waals surface area contributed by atoms with E-state index in [1.165, 1.54) is 0 Å². The van der Waals surface area contributed by atoms with Gasteiger partial charge in [0.25, 0.3) is 0 Å². The van der Waals surface area contributed by atoms with Gasteiger partial charge in [-0.15, -0.1) is 0 Å². The number of halogens is 3. The molecule has 1 aliphatic rings. The van der Waals surface area contributed by atoms with Crippen molar-refractivity contribution in [1.82, 2.24) is 9.78 Å². The molecule has 0 bridgehead atoms. The summed E-state index contributed by atoms with van der Waals surface area (Å²) in [7, 11) is 0. The number of carbonyl (C=O) groups is 1. The molecule has 0 unspecified atom stereocenters. The Morgan fingerprint density at radius 1 is 1.56 bits per heavy atom. The maximum absolute atomic E-state index is 12.8. The number of nitrogens with zero attached hydrogens (tertiary/aromatic N) is 2. The summed E-state index contributed by atoms with van der Waals surface area (Å²) < 4.78 is 43.6. The average molecular weight is 262 g/mol. The molecule has 0 atom stereocenters. The van der Waals surface area contributed by atoms with Gasteiger partial charge in [-0.05, 0) is 25.8 Å². The van der Waals surface area contributed by atoms with Gasteiger partial charge in [-0.3, -0.25) is 4.79 Å². The van der Waals surface area contributed by atoms with E-state index in [4.69, 9.17) is 0 Å². The Morgan fingerprint density at radius 2 is 2.22 bits per heavy atom. The van der Waals surface area contributed by atoms with Crippen LogP contribution >= 0.6 is 0 Å². The van der Waals surface area contributed by atoms with Crippen LogP contribution in [0.5, 0.6) is 0 Å². The third kappa shape index (κ3) is 2.83. The monoisotopic (exact) mass is 262 g/mol. The van der Waals surface area contributed by atoms with Gasteiger partial charge in [-0.2, -0.15) is 18.3 Å². The van der Waals surface area contributed by atoms with E-state index in [2.05, 4.69) is 9.84 Å². The molecule has 18 heavy (non-hydrogen) atoms. The smallest absolute Gasteiger partial charge is 0.433 e. The van der Waals surface area contributed by atoms with E-state index in [0.29, 0.717) is 10.4 Å². The molecular formula is C11H13F3N2O2. The molecule has 0 aliphatic heterocycles. The van der Waals surface area contributed by atoms with Crippen LogP contribution in [0.25, 0.3) is 0 Å². The van der Waals surface area contributed by atoms with Gasteiger partial charge in [-0.25, -0.2) is 4.68 Å². The fourth-order valence-corrected chi connectivity index (χ4v) is 1.69. The molecule has 0 aromatic carbocycles. The minimum atomic E-state index is -4.51. The standard InChI is InChI=1S/C11H13F3N2O2/c1-2-18-10(17)6-16-9(11(12,13)14)5-8(15-16)7-3-4-7/h5,7H,2-4,6H2,1H3. The number of rotatable bonds is 4. The van der Waals surface area contributed by atoms with Crippen LogP contribution in [-0.2, 0) is 22.3 Å². The predicted octanol–water partition coefficient (Wildman–Crippen LogP) is 2.34. The Bertz CT molecular complexity index is 450. The topological polar surface area (TPSA) is 44.1 Å². The lowest BCUT2D eigenvalue weighted by Gasteiger charge is -2.09. The molecule has 1 aliphatic carbocycles. The predicted molar refractivity (Wildman–Crippen MR) is 55.8 cm³/mol. The van der Waals surface area contributed by atoms with Gasteiger partial charge < -0.3 is 4.74 Å². The van der Waals surface area contributed by atoms with Crippen molar-refractivity contribution in [3.63, 3.8) is 0 Å². The first kappa shape index (κ1) is 12.9. The van der Waals surface area contributed by atoms with E-state index in [1.54, 1.807) is 6.92 Å². The molecule has 0 amide bonds. The second-order valence-electron chi connectivity index (χ2n) is 4.19. The fraction of sp³-hybridized carbons (Fsp3) is 0.636. The fourth-order valence-electron chi connectivity index (χ4n) is 1.69. The van der Waals surface area contributed by atoms with Gasteiger partial charge in [-0.1, -0.05) is 0 Å². The zero-order valence-corrected chi connectivity index (χ0v) is 9.83. The van der Waals surface area contributed by atoms with Crippen molar-refractivity contribution in [3.05, 3.63) is 17.5 Å². The van der Waals surface area contributed by atoms with Crippen molar-refractivity contribution >= 4 is 5.97 Å². The second kappa shape index (κ2) is 4.62. The summed E-state index contributed by atoms with van der Waals surface area (Å²) in [6, 6.07) is 1.02. The zero-order chi connectivity index (χ0) is 13.3. The van der Waals surface area contributed by atoms with Crippen LogP contribution in [0.1, 0.15) is 37.1 Å². The summed E-state index contributed by atoms with van der Waals surface area (Å²) in [4.78, 5) is 11.2. The molecule has 0 spiro atoms. The van der Waals surface area contributed by atoms with E-state index < -0.39 is 24.4 Å². The molecule has 0 N–H and O–H groups in total. The quantitative estimate of drug-likeness (QED) is 0.782. The van der Waals surface area contributed by atoms with Crippen LogP contribution in [0.15, 0.2) is 6.07 Å². The Morgan fingerprint density at radius 3 is 2.72 bits per heavy atom. The Hall–Kier alpha value is -1.53. The largest absolute Gasteiger partial charge is 0.465 e. The molecule has 100 valence electrons. The number of carbonyl (C=O) groups excluding carboxylic acids is 1. The van der Waals surface area contributed by atoms with Gasteiger partial charge in [0, 0.05) is 5.92 Å². The highest BCUT2D eigenvalue weighted by Crippen LogP contribution is 2.41. The summed E-state index contributed by atoms with van der Waals surface area (Å²) >= 11 is 0. The molecule has 4 nitrogen and oxygen atoms in total. The maximum atomic E-state index is 12.8. The highest BCUT2D eigenvalue weighted by molar-refractivity contribution is 5.69. The van der Waals surface area contributed by atoms with E-state index in [1.807, 2.05) is 0 Å². The zero-order valence-electron chi connectivity index (χ0n) is 9.83. The second-order valence-corrected chi connectivity index (χ2v) is 4.19. The summed E-state index contributed by atoms with van der Waals surface area (Å²) in [5.74, 6) is -0.608. The minimum Gasteiger partial charge on any atom is -0.465 e. The van der Waals surface area contributed by atoms with Crippen LogP contribution in [0, 0.1) is 0 Å². The van der Waals surface area contributed by atoms with Gasteiger partial charge in [0.1, 0.15) is 12.2 Å². The molecule has 1 aromatic rings. The van der Waals surface area contributed by atoms with Crippen LogP contribution in [0.3, 0.4) is 0 Å². The third-order valence-corrected chi connectivity index (χ3v) is 2.67. The Balaban J connectivity index is 2.23. The van der Waals surface area contributed by atoms with Crippen molar-refractivity contribution in [2.45, 2.75) is 38.4 Å². The highest BCUT2D eigenvalue weighted by atomic mass is 19.4. The van der Waals surface area contributed by atoms with Crippen LogP contribution < -0.4 is 0 Å². The Kier molecular flexibility index (Phi) is 3.32. The van der Waals surface area contributed by atoms with Crippen LogP contribution in [0.2, 0.25) is 0 Å². The number of aromatic nitrogens is 2. The van der Waals surface area contributed by atoms with Gasteiger partial charge in [0.15, 0.2) is 0 Å². The molecule has 1 heterocycles. The van der Waals surface area contributed by atoms with Crippen molar-refractivity contribution in [3.8, 4) is 0 Å². The molecule has 7 heteroatoms. The molecular weight excluding hydrogens is 249 g/mol. The third-order valence-electron chi connectivity index (χ3n) is 2.67. The first-order chi connectivity index (χ1) is 8.41. The lowest BCUT2D eigenvalue weighted by molar-refractivity contribution is -0.149. The van der Waals surface area contributed by atoms with Crippen LogP contribution in [-0.4, -0.2) is 22.4 Å². The lowest BCUT2D eigenvalue weighted by Crippen LogP contribution is -2.20. The molecule has 1 aromatic heterocycles. The van der Waals surface area contributed by atoms with Crippen molar-refractivity contribution in [2.24, 2.45) is 0 Å². The summed E-state index contributed by atoms with van der Waals surface area (Å²) in [6.07, 6.45) is -2.80. The van der Waals surface area contributed by atoms with Crippen molar-refractivity contribution < 1.29 is 22.7 Å². The first-order valence-electron chi connectivity index (χ1n) is 5.72. The number of hydrogen-bond donors (Lipinski definition) is 0. The summed E-state index contributed by atoms with van der Waals surface area (Å²) in [5.41, 5.74) is -0.482. The molecule has 0 radical (unpaired) electrons. The number of ether oxygens (including phenoxy) is 1. The average Bonchev–Trinajstić information content (AvgIpc) is 2.99. The van der Waals surface area contributed by atoms with E-state index in [-0.39, 0.29) is 12.5 Å². The van der Waals surface area contributed by atoms with Crippen LogP contribution in [0.4, 0.5) is 13.2 Å². The number of esters is 1. The van der Waals surface area contributed by atoms with Gasteiger partial charge >= 0.3 is 12.1 Å². The minimum absolute atomic E-state index is 0.106. The SMILES string of the molecule is CCOC(=O)Cn1nc(C2CC2)cc1C(F)(F)F. The molecule has 0 saturated heterocycles. The molecule has 2 rings (SSSR count). The number of alkyl halides is 3. The number of hydrogen-bond acceptors (Lipinski definition) is 3. The highest BCUT2D eigenvalue weighted by Gasteiger charge is 2.38. The van der Waals surface area contributed by atoms with Gasteiger partial charge in [0.2, 0.25) is 0 Å². The van der Waals surface area contributed by atoms with Gasteiger partial charge in [0.05, 0.1) is 12.3 Å². The van der Waals surface area contributed by atoms with E-state index >= 15 is 0 Å². The summed E-state index contributed by atoms with van der Waals surface area (Å²) in [5, 5.41) is 3.86. The first-order valence-corrected chi connectivity index (χ1v) is 5.72. The summed E-state index contributed by atoms with van der Waals surface area (Å²) in [6.45, 7) is 1.23. The maximum Gasteiger partial charge on any atom is 0.433 e. The van der Waals surface area contributed by atoms with Crippen molar-refractivity contribution in [1.29, 1.82) is 0 Å². The Labute approximate surface area is 102 Å². The van der Waals surface area contributed by atoms with Crippen molar-refractivity contribution in [2.75, 3.05) is 6.61 Å². The molecule has 1 saturated carbocycles. The normalized spacial score (nSPS) is 15.8.